The third-order valence-electron chi connectivity index (χ3n) is 4.63. The molecule has 21 heavy (non-hydrogen) atoms. The Hall–Kier alpha value is -1.59. The first-order valence-electron chi connectivity index (χ1n) is 7.28. The SMILES string of the molecule is Clc1ccccc1Nc1n[nH]c(C2CC23CCOCC3)n1. The van der Waals surface area contributed by atoms with Gasteiger partial charge in [-0.1, -0.05) is 23.7 Å². The summed E-state index contributed by atoms with van der Waals surface area (Å²) in [5.41, 5.74) is 1.22. The van der Waals surface area contributed by atoms with E-state index in [9.17, 15) is 0 Å². The van der Waals surface area contributed by atoms with Crippen LogP contribution in [0.1, 0.15) is 31.0 Å². The van der Waals surface area contributed by atoms with E-state index in [1.165, 1.54) is 6.42 Å². The summed E-state index contributed by atoms with van der Waals surface area (Å²) >= 11 is 6.13. The first-order chi connectivity index (χ1) is 10.3. The lowest BCUT2D eigenvalue weighted by Gasteiger charge is -2.22. The van der Waals surface area contributed by atoms with Gasteiger partial charge in [0.05, 0.1) is 10.7 Å². The van der Waals surface area contributed by atoms with Gasteiger partial charge in [-0.15, -0.1) is 5.10 Å². The number of ether oxygens (including phenoxy) is 1. The smallest absolute Gasteiger partial charge is 0.246 e. The molecule has 1 aliphatic heterocycles. The van der Waals surface area contributed by atoms with Crippen LogP contribution in [0, 0.1) is 5.41 Å². The van der Waals surface area contributed by atoms with Crippen LogP contribution < -0.4 is 5.32 Å². The predicted octanol–water partition coefficient (Wildman–Crippen LogP) is 3.49. The molecule has 1 saturated heterocycles. The van der Waals surface area contributed by atoms with Crippen molar-refractivity contribution in [3.05, 3.63) is 35.1 Å². The van der Waals surface area contributed by atoms with Gasteiger partial charge in [0, 0.05) is 19.1 Å². The van der Waals surface area contributed by atoms with Crippen LogP contribution in [0.2, 0.25) is 5.02 Å². The van der Waals surface area contributed by atoms with Crippen molar-refractivity contribution in [3.63, 3.8) is 0 Å². The highest BCUT2D eigenvalue weighted by atomic mass is 35.5. The van der Waals surface area contributed by atoms with Crippen LogP contribution in [0.25, 0.3) is 0 Å². The van der Waals surface area contributed by atoms with Crippen LogP contribution in [0.15, 0.2) is 24.3 Å². The molecule has 1 aromatic carbocycles. The molecule has 4 rings (SSSR count). The van der Waals surface area contributed by atoms with Gasteiger partial charge in [-0.25, -0.2) is 0 Å². The molecule has 2 N–H and O–H groups in total. The minimum Gasteiger partial charge on any atom is -0.381 e. The van der Waals surface area contributed by atoms with Gasteiger partial charge in [0.2, 0.25) is 5.95 Å². The maximum absolute atomic E-state index is 6.13. The van der Waals surface area contributed by atoms with E-state index in [1.807, 2.05) is 24.3 Å². The van der Waals surface area contributed by atoms with Gasteiger partial charge in [-0.05, 0) is 36.8 Å². The Bertz CT molecular complexity index is 651. The number of hydrogen-bond acceptors (Lipinski definition) is 4. The summed E-state index contributed by atoms with van der Waals surface area (Å²) in [5.74, 6) is 2.05. The van der Waals surface area contributed by atoms with Gasteiger partial charge >= 0.3 is 0 Å². The summed E-state index contributed by atoms with van der Waals surface area (Å²) in [6.07, 6.45) is 3.45. The number of anilines is 2. The molecule has 2 fully saturated rings. The topological polar surface area (TPSA) is 62.8 Å². The normalized spacial score (nSPS) is 23.2. The van der Waals surface area contributed by atoms with Gasteiger partial charge in [0.25, 0.3) is 0 Å². The van der Waals surface area contributed by atoms with E-state index < -0.39 is 0 Å². The highest BCUT2D eigenvalue weighted by Crippen LogP contribution is 2.64. The van der Waals surface area contributed by atoms with Crippen LogP contribution >= 0.6 is 11.6 Å². The number of hydrogen-bond donors (Lipinski definition) is 2. The number of rotatable bonds is 3. The molecule has 1 saturated carbocycles. The molecule has 1 aliphatic carbocycles. The molecule has 1 atom stereocenters. The third kappa shape index (κ3) is 2.40. The van der Waals surface area contributed by atoms with Crippen molar-refractivity contribution in [2.45, 2.75) is 25.2 Å². The van der Waals surface area contributed by atoms with Crippen molar-refractivity contribution < 1.29 is 4.74 Å². The predicted molar refractivity (Wildman–Crippen MR) is 81.0 cm³/mol. The van der Waals surface area contributed by atoms with E-state index in [0.717, 1.165) is 37.6 Å². The fourth-order valence-electron chi connectivity index (χ4n) is 3.23. The maximum atomic E-state index is 6.13. The summed E-state index contributed by atoms with van der Waals surface area (Å²) in [6, 6.07) is 7.58. The Morgan fingerprint density at radius 1 is 1.29 bits per heavy atom. The molecular formula is C15H17ClN4O. The lowest BCUT2D eigenvalue weighted by Crippen LogP contribution is -2.18. The molecule has 2 aliphatic rings. The van der Waals surface area contributed by atoms with Gasteiger partial charge in [-0.3, -0.25) is 5.10 Å². The van der Waals surface area contributed by atoms with E-state index in [0.29, 0.717) is 22.3 Å². The minimum absolute atomic E-state index is 0.402. The van der Waals surface area contributed by atoms with Crippen LogP contribution in [-0.2, 0) is 4.74 Å². The van der Waals surface area contributed by atoms with Gasteiger partial charge in [0.15, 0.2) is 0 Å². The molecule has 5 nitrogen and oxygen atoms in total. The average molecular weight is 305 g/mol. The summed E-state index contributed by atoms with van der Waals surface area (Å²) in [6.45, 7) is 1.74. The number of H-pyrrole nitrogens is 1. The first kappa shape index (κ1) is 13.1. The standard InChI is InChI=1S/C15H17ClN4O/c16-11-3-1-2-4-12(11)17-14-18-13(19-20-14)10-9-15(10)5-7-21-8-6-15/h1-4,10H,5-9H2,(H2,17,18,19,20). The number of aromatic amines is 1. The number of para-hydroxylation sites is 1. The number of benzene rings is 1. The molecular weight excluding hydrogens is 288 g/mol. The second kappa shape index (κ2) is 5.00. The van der Waals surface area contributed by atoms with Crippen LogP contribution in [-0.4, -0.2) is 28.4 Å². The molecule has 1 unspecified atom stereocenters. The second-order valence-electron chi connectivity index (χ2n) is 5.88. The number of halogens is 1. The number of nitrogens with one attached hydrogen (secondary N) is 2. The Kier molecular flexibility index (Phi) is 3.12. The lowest BCUT2D eigenvalue weighted by molar-refractivity contribution is 0.0554. The van der Waals surface area contributed by atoms with Crippen molar-refractivity contribution in [1.29, 1.82) is 0 Å². The summed E-state index contributed by atoms with van der Waals surface area (Å²) < 4.78 is 5.45. The van der Waals surface area contributed by atoms with Crippen molar-refractivity contribution >= 4 is 23.2 Å². The van der Waals surface area contributed by atoms with E-state index >= 15 is 0 Å². The van der Waals surface area contributed by atoms with E-state index in [4.69, 9.17) is 16.3 Å². The quantitative estimate of drug-likeness (QED) is 0.911. The van der Waals surface area contributed by atoms with Crippen LogP contribution in [0.5, 0.6) is 0 Å². The van der Waals surface area contributed by atoms with Crippen LogP contribution in [0.4, 0.5) is 11.6 Å². The molecule has 2 aromatic rings. The van der Waals surface area contributed by atoms with Crippen molar-refractivity contribution in [3.8, 4) is 0 Å². The van der Waals surface area contributed by atoms with Crippen LogP contribution in [0.3, 0.4) is 0 Å². The number of nitrogens with zero attached hydrogens (tertiary/aromatic N) is 2. The average Bonchev–Trinajstić information content (AvgIpc) is 2.98. The molecule has 6 heteroatoms. The summed E-state index contributed by atoms with van der Waals surface area (Å²) in [7, 11) is 0. The van der Waals surface area contributed by atoms with E-state index in [2.05, 4.69) is 20.5 Å². The van der Waals surface area contributed by atoms with Gasteiger partial charge in [-0.2, -0.15) is 4.98 Å². The Morgan fingerprint density at radius 2 is 2.10 bits per heavy atom. The monoisotopic (exact) mass is 304 g/mol. The fourth-order valence-corrected chi connectivity index (χ4v) is 3.42. The Morgan fingerprint density at radius 3 is 2.90 bits per heavy atom. The highest BCUT2D eigenvalue weighted by Gasteiger charge is 2.56. The van der Waals surface area contributed by atoms with Crippen molar-refractivity contribution in [2.75, 3.05) is 18.5 Å². The lowest BCUT2D eigenvalue weighted by atomic mass is 9.94. The second-order valence-corrected chi connectivity index (χ2v) is 6.29. The zero-order chi connectivity index (χ0) is 14.3. The first-order valence-corrected chi connectivity index (χ1v) is 7.66. The minimum atomic E-state index is 0.402. The highest BCUT2D eigenvalue weighted by molar-refractivity contribution is 6.33. The molecule has 0 bridgehead atoms. The van der Waals surface area contributed by atoms with E-state index in [-0.39, 0.29) is 0 Å². The molecule has 0 amide bonds. The van der Waals surface area contributed by atoms with Crippen molar-refractivity contribution in [2.24, 2.45) is 5.41 Å². The number of aromatic nitrogens is 3. The maximum Gasteiger partial charge on any atom is 0.246 e. The molecule has 1 spiro atoms. The van der Waals surface area contributed by atoms with Gasteiger partial charge in [0.1, 0.15) is 5.82 Å². The molecule has 1 aromatic heterocycles. The summed E-state index contributed by atoms with van der Waals surface area (Å²) in [4.78, 5) is 4.58. The Labute approximate surface area is 128 Å². The fraction of sp³-hybridized carbons (Fsp3) is 0.467. The third-order valence-corrected chi connectivity index (χ3v) is 4.96. The van der Waals surface area contributed by atoms with Crippen molar-refractivity contribution in [1.82, 2.24) is 15.2 Å². The molecule has 2 heterocycles. The summed E-state index contributed by atoms with van der Waals surface area (Å²) in [5, 5.41) is 11.1. The van der Waals surface area contributed by atoms with Gasteiger partial charge < -0.3 is 10.1 Å². The van der Waals surface area contributed by atoms with E-state index in [1.54, 1.807) is 0 Å². The molecule has 110 valence electrons. The largest absolute Gasteiger partial charge is 0.381 e. The zero-order valence-corrected chi connectivity index (χ0v) is 12.4. The zero-order valence-electron chi connectivity index (χ0n) is 11.6. The molecule has 0 radical (unpaired) electrons. The Balaban J connectivity index is 1.48.